The second-order valence-electron chi connectivity index (χ2n) is 2.79. The van der Waals surface area contributed by atoms with Crippen molar-refractivity contribution in [3.8, 4) is 0 Å². The summed E-state index contributed by atoms with van der Waals surface area (Å²) in [7, 11) is 0. The summed E-state index contributed by atoms with van der Waals surface area (Å²) in [6.07, 6.45) is -0.0362. The van der Waals surface area contributed by atoms with Crippen molar-refractivity contribution in [3.63, 3.8) is 0 Å². The maximum Gasteiger partial charge on any atom is 0.0835 e. The summed E-state index contributed by atoms with van der Waals surface area (Å²) in [4.78, 5) is 0. The first-order valence-corrected chi connectivity index (χ1v) is 5.03. The molecule has 70 valence electrons. The smallest absolute Gasteiger partial charge is 0.0835 e. The Kier molecular flexibility index (Phi) is 3.97. The van der Waals surface area contributed by atoms with E-state index in [4.69, 9.17) is 11.6 Å². The zero-order valence-corrected chi connectivity index (χ0v) is 9.35. The van der Waals surface area contributed by atoms with E-state index < -0.39 is 6.10 Å². The molecule has 3 heteroatoms. The summed E-state index contributed by atoms with van der Waals surface area (Å²) in [6, 6.07) is 7.19. The molecule has 1 nitrogen and oxygen atoms in total. The molecule has 0 aliphatic rings. The highest BCUT2D eigenvalue weighted by atomic mass is 79.9. The maximum absolute atomic E-state index is 9.67. The number of aliphatic hydroxyl groups excluding tert-OH is 1. The number of aliphatic hydroxyl groups is 1. The number of hydrogen-bond donors (Lipinski definition) is 1. The second kappa shape index (κ2) is 4.80. The molecule has 13 heavy (non-hydrogen) atoms. The fourth-order valence-corrected chi connectivity index (χ4v) is 1.55. The Morgan fingerprint density at radius 1 is 1.62 bits per heavy atom. The van der Waals surface area contributed by atoms with Crippen LogP contribution < -0.4 is 0 Å². The van der Waals surface area contributed by atoms with E-state index in [1.807, 2.05) is 12.1 Å². The lowest BCUT2D eigenvalue weighted by Crippen LogP contribution is -1.96. The van der Waals surface area contributed by atoms with Gasteiger partial charge in [0.15, 0.2) is 0 Å². The number of rotatable bonds is 3. The van der Waals surface area contributed by atoms with Gasteiger partial charge in [-0.3, -0.25) is 0 Å². The highest BCUT2D eigenvalue weighted by Gasteiger charge is 2.07. The second-order valence-corrected chi connectivity index (χ2v) is 4.35. The fourth-order valence-electron chi connectivity index (χ4n) is 1.04. The third-order valence-corrected chi connectivity index (χ3v) is 2.21. The van der Waals surface area contributed by atoms with E-state index in [1.54, 1.807) is 12.1 Å². The van der Waals surface area contributed by atoms with Gasteiger partial charge in [0.2, 0.25) is 0 Å². The Labute approximate surface area is 91.2 Å². The van der Waals surface area contributed by atoms with Crippen molar-refractivity contribution in [1.29, 1.82) is 0 Å². The molecule has 0 aromatic heterocycles. The molecule has 0 bridgehead atoms. The van der Waals surface area contributed by atoms with Crippen LogP contribution in [0.2, 0.25) is 5.02 Å². The van der Waals surface area contributed by atoms with Gasteiger partial charge in [-0.05, 0) is 22.2 Å². The van der Waals surface area contributed by atoms with E-state index in [9.17, 15) is 5.11 Å². The summed E-state index contributed by atoms with van der Waals surface area (Å²) >= 11 is 8.98. The molecule has 1 aromatic carbocycles. The van der Waals surface area contributed by atoms with E-state index >= 15 is 0 Å². The molecule has 0 spiro atoms. The van der Waals surface area contributed by atoms with Gasteiger partial charge in [0.05, 0.1) is 6.10 Å². The molecule has 1 atom stereocenters. The molecule has 1 aromatic rings. The van der Waals surface area contributed by atoms with Crippen LogP contribution in [0.1, 0.15) is 18.1 Å². The lowest BCUT2D eigenvalue weighted by molar-refractivity contribution is 0.181. The molecular formula is C10H10BrClO. The minimum absolute atomic E-state index is 0.500. The standard InChI is InChI=1S/C10H10BrClO/c1-7(11)5-10(13)8-3-2-4-9(12)6-8/h2-4,6,10,13H,1,5H2. The molecule has 0 radical (unpaired) electrons. The highest BCUT2D eigenvalue weighted by molar-refractivity contribution is 9.11. The van der Waals surface area contributed by atoms with Crippen LogP contribution in [0.25, 0.3) is 0 Å². The van der Waals surface area contributed by atoms with Crippen molar-refractivity contribution in [3.05, 3.63) is 45.9 Å². The maximum atomic E-state index is 9.67. The molecule has 0 aliphatic heterocycles. The minimum Gasteiger partial charge on any atom is -0.388 e. The van der Waals surface area contributed by atoms with Gasteiger partial charge < -0.3 is 5.11 Å². The van der Waals surface area contributed by atoms with Gasteiger partial charge in [-0.1, -0.05) is 46.2 Å². The molecule has 0 heterocycles. The predicted octanol–water partition coefficient (Wildman–Crippen LogP) is 3.67. The summed E-state index contributed by atoms with van der Waals surface area (Å²) < 4.78 is 0.778. The third-order valence-electron chi connectivity index (χ3n) is 1.65. The zero-order valence-electron chi connectivity index (χ0n) is 7.00. The highest BCUT2D eigenvalue weighted by Crippen LogP contribution is 2.24. The van der Waals surface area contributed by atoms with Crippen molar-refractivity contribution in [2.45, 2.75) is 12.5 Å². The topological polar surface area (TPSA) is 20.2 Å². The quantitative estimate of drug-likeness (QED) is 0.880. The van der Waals surface area contributed by atoms with Crippen LogP contribution in [-0.2, 0) is 0 Å². The number of benzene rings is 1. The van der Waals surface area contributed by atoms with Crippen molar-refractivity contribution < 1.29 is 5.11 Å². The molecule has 0 saturated heterocycles. The van der Waals surface area contributed by atoms with Gasteiger partial charge >= 0.3 is 0 Å². The first-order chi connectivity index (χ1) is 6.09. The molecule has 1 unspecified atom stereocenters. The third kappa shape index (κ3) is 3.51. The van der Waals surface area contributed by atoms with Gasteiger partial charge in [0.1, 0.15) is 0 Å². The van der Waals surface area contributed by atoms with Crippen LogP contribution in [0.3, 0.4) is 0 Å². The first-order valence-electron chi connectivity index (χ1n) is 3.86. The zero-order chi connectivity index (χ0) is 9.84. The Morgan fingerprint density at radius 3 is 2.85 bits per heavy atom. The Balaban J connectivity index is 2.76. The van der Waals surface area contributed by atoms with E-state index in [0.717, 1.165) is 10.0 Å². The van der Waals surface area contributed by atoms with E-state index in [1.165, 1.54) is 0 Å². The van der Waals surface area contributed by atoms with Gasteiger partial charge in [-0.2, -0.15) is 0 Å². The monoisotopic (exact) mass is 260 g/mol. The average Bonchev–Trinajstić information content (AvgIpc) is 2.03. The van der Waals surface area contributed by atoms with Crippen LogP contribution in [-0.4, -0.2) is 5.11 Å². The Hall–Kier alpha value is -0.310. The van der Waals surface area contributed by atoms with Crippen molar-refractivity contribution in [1.82, 2.24) is 0 Å². The van der Waals surface area contributed by atoms with Gasteiger partial charge in [-0.15, -0.1) is 0 Å². The SMILES string of the molecule is C=C(Br)CC(O)c1cccc(Cl)c1. The minimum atomic E-state index is -0.537. The molecule has 0 aliphatic carbocycles. The summed E-state index contributed by atoms with van der Waals surface area (Å²) in [6.45, 7) is 3.67. The van der Waals surface area contributed by atoms with E-state index in [2.05, 4.69) is 22.5 Å². The lowest BCUT2D eigenvalue weighted by Gasteiger charge is -2.09. The van der Waals surface area contributed by atoms with Crippen molar-refractivity contribution in [2.75, 3.05) is 0 Å². The van der Waals surface area contributed by atoms with Crippen molar-refractivity contribution in [2.24, 2.45) is 0 Å². The summed E-state index contributed by atoms with van der Waals surface area (Å²) in [5.74, 6) is 0. The van der Waals surface area contributed by atoms with Gasteiger partial charge in [-0.25, -0.2) is 0 Å². The molecule has 0 saturated carbocycles. The van der Waals surface area contributed by atoms with Crippen LogP contribution in [0, 0.1) is 0 Å². The van der Waals surface area contributed by atoms with E-state index in [0.29, 0.717) is 11.4 Å². The van der Waals surface area contributed by atoms with Crippen LogP contribution >= 0.6 is 27.5 Å². The van der Waals surface area contributed by atoms with Crippen LogP contribution in [0.15, 0.2) is 35.3 Å². The Bertz CT molecular complexity index is 312. The first kappa shape index (κ1) is 10.8. The summed E-state index contributed by atoms with van der Waals surface area (Å²) in [5.41, 5.74) is 0.813. The largest absolute Gasteiger partial charge is 0.388 e. The van der Waals surface area contributed by atoms with Crippen LogP contribution in [0.5, 0.6) is 0 Å². The lowest BCUT2D eigenvalue weighted by atomic mass is 10.1. The fraction of sp³-hybridized carbons (Fsp3) is 0.200. The molecular weight excluding hydrogens is 251 g/mol. The van der Waals surface area contributed by atoms with Crippen molar-refractivity contribution >= 4 is 27.5 Å². The molecule has 0 fully saturated rings. The Morgan fingerprint density at radius 2 is 2.31 bits per heavy atom. The predicted molar refractivity (Wildman–Crippen MR) is 59.1 cm³/mol. The number of halogens is 2. The molecule has 0 amide bonds. The average molecular weight is 262 g/mol. The molecule has 1 rings (SSSR count). The normalized spacial score (nSPS) is 12.5. The van der Waals surface area contributed by atoms with Crippen LogP contribution in [0.4, 0.5) is 0 Å². The number of hydrogen-bond acceptors (Lipinski definition) is 1. The van der Waals surface area contributed by atoms with Gasteiger partial charge in [0.25, 0.3) is 0 Å². The summed E-state index contributed by atoms with van der Waals surface area (Å²) in [5, 5.41) is 10.3. The van der Waals surface area contributed by atoms with Gasteiger partial charge in [0, 0.05) is 11.4 Å². The molecule has 1 N–H and O–H groups in total. The van der Waals surface area contributed by atoms with E-state index in [-0.39, 0.29) is 0 Å².